The van der Waals surface area contributed by atoms with Crippen molar-refractivity contribution in [2.75, 3.05) is 18.5 Å². The molecule has 0 bridgehead atoms. The Morgan fingerprint density at radius 3 is 2.41 bits per heavy atom. The summed E-state index contributed by atoms with van der Waals surface area (Å²) in [5.74, 6) is 5.33. The van der Waals surface area contributed by atoms with Crippen molar-refractivity contribution in [2.45, 2.75) is 19.4 Å². The summed E-state index contributed by atoms with van der Waals surface area (Å²) >= 11 is 0. The van der Waals surface area contributed by atoms with Gasteiger partial charge in [0.05, 0.1) is 12.2 Å². The number of hydrogen-bond acceptors (Lipinski definition) is 6. The Kier molecular flexibility index (Phi) is 9.83. The van der Waals surface area contributed by atoms with Gasteiger partial charge in [0.15, 0.2) is 0 Å². The van der Waals surface area contributed by atoms with E-state index in [1.54, 1.807) is 37.3 Å². The molecule has 0 radical (unpaired) electrons. The number of benzene rings is 3. The number of allylic oxidation sites excluding steroid dienone is 1. The number of anilines is 1. The zero-order valence-corrected chi connectivity index (χ0v) is 22.4. The number of aldehydes is 1. The molecule has 3 aromatic carbocycles. The average Bonchev–Trinajstić information content (AvgIpc) is 2.97. The van der Waals surface area contributed by atoms with Crippen molar-refractivity contribution in [3.8, 4) is 11.8 Å². The van der Waals surface area contributed by atoms with E-state index in [1.807, 2.05) is 48.5 Å². The maximum atomic E-state index is 12.7. The molecule has 0 saturated heterocycles. The van der Waals surface area contributed by atoms with Crippen molar-refractivity contribution in [3.63, 3.8) is 0 Å². The highest BCUT2D eigenvalue weighted by molar-refractivity contribution is 5.96. The van der Waals surface area contributed by atoms with E-state index in [0.717, 1.165) is 33.9 Å². The summed E-state index contributed by atoms with van der Waals surface area (Å²) in [6.07, 6.45) is 3.94. The molecule has 0 fully saturated rings. The Morgan fingerprint density at radius 1 is 0.951 bits per heavy atom. The molecule has 8 heteroatoms. The molecule has 0 aromatic heterocycles. The summed E-state index contributed by atoms with van der Waals surface area (Å²) in [6, 6.07) is 22.1. The lowest BCUT2D eigenvalue weighted by Crippen LogP contribution is -2.34. The van der Waals surface area contributed by atoms with E-state index in [-0.39, 0.29) is 18.7 Å². The quantitative estimate of drug-likeness (QED) is 0.131. The lowest BCUT2D eigenvalue weighted by Gasteiger charge is -2.22. The number of amides is 2. The molecular formula is C33H28N2O6. The number of hydrogen-bond donors (Lipinski definition) is 2. The molecule has 4 rings (SSSR count). The Hall–Kier alpha value is -5.42. The molecule has 8 nitrogen and oxygen atoms in total. The normalized spacial score (nSPS) is 13.8. The minimum atomic E-state index is -0.716. The highest BCUT2D eigenvalue weighted by Gasteiger charge is 2.22. The number of fused-ring (bicyclic) bond motifs is 2. The molecule has 1 aliphatic carbocycles. The van der Waals surface area contributed by atoms with Crippen molar-refractivity contribution >= 4 is 36.0 Å². The summed E-state index contributed by atoms with van der Waals surface area (Å²) < 4.78 is 10.7. The van der Waals surface area contributed by atoms with E-state index >= 15 is 0 Å². The first kappa shape index (κ1) is 28.6. The van der Waals surface area contributed by atoms with Crippen LogP contribution in [0, 0.1) is 11.8 Å². The zero-order valence-electron chi connectivity index (χ0n) is 22.4. The SMILES string of the molecule is CCOC(=O)C(=C\C=O)/C=C/c1ccc(NC(=O)CNC(=O)OC2Cc3ccccc3C#Cc3ccccc32)cc1. The number of nitrogens with one attached hydrogen (secondary N) is 2. The van der Waals surface area contributed by atoms with Crippen LogP contribution in [-0.4, -0.2) is 37.4 Å². The summed E-state index contributed by atoms with van der Waals surface area (Å²) in [5.41, 5.74) is 4.82. The van der Waals surface area contributed by atoms with Gasteiger partial charge in [-0.1, -0.05) is 66.4 Å². The summed E-state index contributed by atoms with van der Waals surface area (Å²) in [4.78, 5) is 47.8. The van der Waals surface area contributed by atoms with Crippen molar-refractivity contribution in [3.05, 3.63) is 118 Å². The van der Waals surface area contributed by atoms with Gasteiger partial charge in [-0.05, 0) is 54.5 Å². The van der Waals surface area contributed by atoms with E-state index in [9.17, 15) is 19.2 Å². The van der Waals surface area contributed by atoms with Gasteiger partial charge in [0, 0.05) is 28.8 Å². The fourth-order valence-electron chi connectivity index (χ4n) is 4.13. The first-order chi connectivity index (χ1) is 20.0. The van der Waals surface area contributed by atoms with Crippen LogP contribution < -0.4 is 10.6 Å². The largest absolute Gasteiger partial charge is 0.462 e. The molecule has 1 unspecified atom stereocenters. The highest BCUT2D eigenvalue weighted by atomic mass is 16.6. The molecule has 41 heavy (non-hydrogen) atoms. The van der Waals surface area contributed by atoms with E-state index < -0.39 is 24.1 Å². The third-order valence-electron chi connectivity index (χ3n) is 6.11. The fraction of sp³-hybridized carbons (Fsp3) is 0.152. The number of carbonyl (C=O) groups excluding carboxylic acids is 4. The van der Waals surface area contributed by atoms with E-state index in [0.29, 0.717) is 18.4 Å². The van der Waals surface area contributed by atoms with Crippen molar-refractivity contribution in [1.29, 1.82) is 0 Å². The van der Waals surface area contributed by atoms with Crippen LogP contribution in [0.1, 0.15) is 40.8 Å². The Balaban J connectivity index is 1.32. The molecule has 206 valence electrons. The highest BCUT2D eigenvalue weighted by Crippen LogP contribution is 2.28. The minimum Gasteiger partial charge on any atom is -0.462 e. The Bertz CT molecular complexity index is 1560. The topological polar surface area (TPSA) is 111 Å². The average molecular weight is 549 g/mol. The monoisotopic (exact) mass is 548 g/mol. The maximum absolute atomic E-state index is 12.7. The number of alkyl carbamates (subject to hydrolysis) is 1. The molecule has 0 aliphatic heterocycles. The molecule has 2 N–H and O–H groups in total. The van der Waals surface area contributed by atoms with Crippen LogP contribution in [-0.2, 0) is 30.3 Å². The lowest BCUT2D eigenvalue weighted by molar-refractivity contribution is -0.138. The number of ether oxygens (including phenoxy) is 2. The molecule has 0 heterocycles. The number of esters is 1. The van der Waals surface area contributed by atoms with Crippen LogP contribution in [0.4, 0.5) is 10.5 Å². The summed E-state index contributed by atoms with van der Waals surface area (Å²) in [7, 11) is 0. The second kappa shape index (κ2) is 14.1. The van der Waals surface area contributed by atoms with Crippen LogP contribution in [0.3, 0.4) is 0 Å². The smallest absolute Gasteiger partial charge is 0.408 e. The predicted molar refractivity (Wildman–Crippen MR) is 155 cm³/mol. The van der Waals surface area contributed by atoms with Crippen LogP contribution in [0.2, 0.25) is 0 Å². The maximum Gasteiger partial charge on any atom is 0.408 e. The zero-order chi connectivity index (χ0) is 29.0. The molecule has 0 spiro atoms. The van der Waals surface area contributed by atoms with Gasteiger partial charge < -0.3 is 20.1 Å². The predicted octanol–water partition coefficient (Wildman–Crippen LogP) is 4.75. The van der Waals surface area contributed by atoms with E-state index in [4.69, 9.17) is 9.47 Å². The van der Waals surface area contributed by atoms with Crippen molar-refractivity contribution in [1.82, 2.24) is 5.32 Å². The Labute approximate surface area is 238 Å². The van der Waals surface area contributed by atoms with Gasteiger partial charge in [-0.15, -0.1) is 0 Å². The van der Waals surface area contributed by atoms with Gasteiger partial charge in [-0.2, -0.15) is 0 Å². The third-order valence-corrected chi connectivity index (χ3v) is 6.11. The molecule has 3 aromatic rings. The van der Waals surface area contributed by atoms with Gasteiger partial charge in [0.2, 0.25) is 5.91 Å². The van der Waals surface area contributed by atoms with Gasteiger partial charge in [-0.25, -0.2) is 9.59 Å². The standard InChI is InChI=1S/C33H28N2O6/c1-2-40-32(38)26(19-20-36)14-11-23-12-17-28(18-13-23)35-31(37)22-34-33(39)41-30-21-27-9-4-3-7-24(27)15-16-25-8-5-6-10-29(25)30/h3-14,17-20,30H,2,21-22H2,1H3,(H,34,39)(H,35,37)/b14-11+,26-19-. The second-order valence-electron chi connectivity index (χ2n) is 8.93. The first-order valence-electron chi connectivity index (χ1n) is 13.0. The fourth-order valence-corrected chi connectivity index (χ4v) is 4.13. The molecule has 0 saturated carbocycles. The van der Waals surface area contributed by atoms with Crippen molar-refractivity contribution < 1.29 is 28.7 Å². The molecule has 1 atom stereocenters. The van der Waals surface area contributed by atoms with Gasteiger partial charge in [-0.3, -0.25) is 9.59 Å². The molecular weight excluding hydrogens is 520 g/mol. The van der Waals surface area contributed by atoms with Crippen LogP contribution in [0.25, 0.3) is 6.08 Å². The van der Waals surface area contributed by atoms with Crippen LogP contribution in [0.5, 0.6) is 0 Å². The third kappa shape index (κ3) is 8.04. The number of rotatable bonds is 9. The van der Waals surface area contributed by atoms with Crippen LogP contribution >= 0.6 is 0 Å². The summed E-state index contributed by atoms with van der Waals surface area (Å²) in [5, 5.41) is 5.23. The second-order valence-corrected chi connectivity index (χ2v) is 8.93. The molecule has 1 aliphatic rings. The first-order valence-corrected chi connectivity index (χ1v) is 13.0. The number of carbonyl (C=O) groups is 4. The molecule has 2 amide bonds. The van der Waals surface area contributed by atoms with Gasteiger partial charge in [0.1, 0.15) is 18.9 Å². The minimum absolute atomic E-state index is 0.122. The van der Waals surface area contributed by atoms with Gasteiger partial charge in [0.25, 0.3) is 0 Å². The van der Waals surface area contributed by atoms with E-state index in [2.05, 4.69) is 22.5 Å². The van der Waals surface area contributed by atoms with E-state index in [1.165, 1.54) is 6.08 Å². The van der Waals surface area contributed by atoms with Crippen LogP contribution in [0.15, 0.2) is 90.5 Å². The van der Waals surface area contributed by atoms with Gasteiger partial charge >= 0.3 is 12.1 Å². The Morgan fingerprint density at radius 2 is 1.66 bits per heavy atom. The summed E-state index contributed by atoms with van der Waals surface area (Å²) in [6.45, 7) is 1.59. The lowest BCUT2D eigenvalue weighted by atomic mass is 9.92. The van der Waals surface area contributed by atoms with Crippen molar-refractivity contribution in [2.24, 2.45) is 0 Å².